The van der Waals surface area contributed by atoms with Crippen LogP contribution in [0.15, 0.2) is 0 Å². The van der Waals surface area contributed by atoms with Gasteiger partial charge < -0.3 is 5.11 Å². The lowest BCUT2D eigenvalue weighted by molar-refractivity contribution is -0.143. The second-order valence-corrected chi connectivity index (χ2v) is 4.47. The van der Waals surface area contributed by atoms with Crippen molar-refractivity contribution in [3.63, 3.8) is 0 Å². The van der Waals surface area contributed by atoms with E-state index in [1.807, 2.05) is 13.8 Å². The zero-order chi connectivity index (χ0) is 11.2. The number of hydrogen-bond acceptors (Lipinski definition) is 4. The minimum atomic E-state index is -3.76. The number of rotatable bonds is 7. The summed E-state index contributed by atoms with van der Waals surface area (Å²) in [5.41, 5.74) is 0. The minimum absolute atomic E-state index is 0.158. The molecule has 0 atom stereocenters. The maximum absolute atomic E-state index is 11.0. The molecule has 0 unspecified atom stereocenters. The highest BCUT2D eigenvalue weighted by atomic mass is 32.2. The van der Waals surface area contributed by atoms with Gasteiger partial charge in [-0.25, -0.2) is 9.52 Å². The molecule has 0 amide bonds. The Morgan fingerprint density at radius 3 is 2.50 bits per heavy atom. The van der Waals surface area contributed by atoms with Gasteiger partial charge in [-0.2, -0.15) is 8.42 Å². The summed E-state index contributed by atoms with van der Waals surface area (Å²) in [7, 11) is -3.76. The Kier molecular flexibility index (Phi) is 5.62. The standard InChI is InChI=1S/C6H14N2O5S/c1-5(2)3-7-14(11,12)8-13-4-6(9)10/h5,7-8H,3-4H2,1-2H3,(H,9,10). The van der Waals surface area contributed by atoms with Gasteiger partial charge in [-0.05, 0) is 5.92 Å². The number of nitrogens with one attached hydrogen (secondary N) is 2. The van der Waals surface area contributed by atoms with E-state index in [4.69, 9.17) is 5.11 Å². The number of aliphatic carboxylic acids is 1. The fourth-order valence-corrected chi connectivity index (χ4v) is 1.30. The third-order valence-corrected chi connectivity index (χ3v) is 1.93. The second-order valence-electron chi connectivity index (χ2n) is 3.01. The van der Waals surface area contributed by atoms with Crippen molar-refractivity contribution >= 4 is 16.2 Å². The van der Waals surface area contributed by atoms with Crippen LogP contribution < -0.4 is 9.61 Å². The Morgan fingerprint density at radius 2 is 2.07 bits per heavy atom. The van der Waals surface area contributed by atoms with Gasteiger partial charge in [-0.1, -0.05) is 18.7 Å². The van der Waals surface area contributed by atoms with E-state index in [0.29, 0.717) is 0 Å². The van der Waals surface area contributed by atoms with Crippen LogP contribution in [0.5, 0.6) is 0 Å². The van der Waals surface area contributed by atoms with Gasteiger partial charge in [-0.15, -0.1) is 0 Å². The number of carboxylic acid groups (broad SMARTS) is 1. The SMILES string of the molecule is CC(C)CNS(=O)(=O)NOCC(=O)O. The van der Waals surface area contributed by atoms with E-state index in [0.717, 1.165) is 0 Å². The fourth-order valence-electron chi connectivity index (χ4n) is 0.475. The lowest BCUT2D eigenvalue weighted by atomic mass is 10.2. The van der Waals surface area contributed by atoms with Gasteiger partial charge in [0.25, 0.3) is 10.2 Å². The molecule has 3 N–H and O–H groups in total. The molecule has 0 aromatic heterocycles. The van der Waals surface area contributed by atoms with Crippen LogP contribution in [0.4, 0.5) is 0 Å². The van der Waals surface area contributed by atoms with Gasteiger partial charge in [0.2, 0.25) is 0 Å². The summed E-state index contributed by atoms with van der Waals surface area (Å²) < 4.78 is 24.1. The largest absolute Gasteiger partial charge is 0.479 e. The fraction of sp³-hybridized carbons (Fsp3) is 0.833. The van der Waals surface area contributed by atoms with Gasteiger partial charge in [-0.3, -0.25) is 4.84 Å². The van der Waals surface area contributed by atoms with E-state index in [-0.39, 0.29) is 12.5 Å². The molecule has 0 heterocycles. The second kappa shape index (κ2) is 5.91. The van der Waals surface area contributed by atoms with Crippen LogP contribution in [-0.2, 0) is 19.8 Å². The quantitative estimate of drug-likeness (QED) is 0.487. The minimum Gasteiger partial charge on any atom is -0.479 e. The van der Waals surface area contributed by atoms with Crippen molar-refractivity contribution in [2.45, 2.75) is 13.8 Å². The van der Waals surface area contributed by atoms with Crippen molar-refractivity contribution in [1.82, 2.24) is 9.61 Å². The molecule has 0 aromatic rings. The smallest absolute Gasteiger partial charge is 0.331 e. The number of hydrogen-bond donors (Lipinski definition) is 3. The number of carboxylic acids is 1. The van der Waals surface area contributed by atoms with E-state index >= 15 is 0 Å². The van der Waals surface area contributed by atoms with Crippen LogP contribution in [0, 0.1) is 5.92 Å². The zero-order valence-corrected chi connectivity index (χ0v) is 8.80. The lowest BCUT2D eigenvalue weighted by Crippen LogP contribution is -2.39. The Balaban J connectivity index is 3.79. The summed E-state index contributed by atoms with van der Waals surface area (Å²) in [4.78, 5) is 15.8. The lowest BCUT2D eigenvalue weighted by Gasteiger charge is -2.08. The van der Waals surface area contributed by atoms with Crippen LogP contribution in [0.2, 0.25) is 0 Å². The highest BCUT2D eigenvalue weighted by Crippen LogP contribution is 1.88. The van der Waals surface area contributed by atoms with Crippen molar-refractivity contribution in [1.29, 1.82) is 0 Å². The molecule has 0 aliphatic carbocycles. The van der Waals surface area contributed by atoms with E-state index in [1.165, 1.54) is 0 Å². The first-order chi connectivity index (χ1) is 6.33. The molecule has 0 spiro atoms. The maximum Gasteiger partial charge on any atom is 0.331 e. The highest BCUT2D eigenvalue weighted by molar-refractivity contribution is 7.87. The van der Waals surface area contributed by atoms with Crippen LogP contribution in [-0.4, -0.2) is 32.6 Å². The molecule has 0 aliphatic heterocycles. The Morgan fingerprint density at radius 1 is 1.50 bits per heavy atom. The van der Waals surface area contributed by atoms with E-state index in [2.05, 4.69) is 9.56 Å². The highest BCUT2D eigenvalue weighted by Gasteiger charge is 2.10. The molecule has 84 valence electrons. The monoisotopic (exact) mass is 226 g/mol. The van der Waals surface area contributed by atoms with Crippen molar-refractivity contribution in [3.05, 3.63) is 0 Å². The number of carbonyl (C=O) groups is 1. The Labute approximate surface area is 82.6 Å². The Bertz CT molecular complexity index is 274. The molecule has 7 nitrogen and oxygen atoms in total. The zero-order valence-electron chi connectivity index (χ0n) is 7.98. The van der Waals surface area contributed by atoms with Crippen molar-refractivity contribution < 1.29 is 23.2 Å². The third-order valence-electron chi connectivity index (χ3n) is 1.05. The normalized spacial score (nSPS) is 11.9. The summed E-state index contributed by atoms with van der Waals surface area (Å²) in [5, 5.41) is 8.15. The van der Waals surface area contributed by atoms with Gasteiger partial charge in [0, 0.05) is 6.54 Å². The van der Waals surface area contributed by atoms with Gasteiger partial charge in [0.1, 0.15) is 0 Å². The first-order valence-corrected chi connectivity index (χ1v) is 5.42. The van der Waals surface area contributed by atoms with Crippen molar-refractivity contribution in [2.75, 3.05) is 13.2 Å². The van der Waals surface area contributed by atoms with Crippen molar-refractivity contribution in [3.8, 4) is 0 Å². The van der Waals surface area contributed by atoms with Crippen LogP contribution in [0.3, 0.4) is 0 Å². The van der Waals surface area contributed by atoms with Gasteiger partial charge in [0.15, 0.2) is 6.61 Å². The van der Waals surface area contributed by atoms with Crippen LogP contribution in [0.1, 0.15) is 13.8 Å². The first kappa shape index (κ1) is 13.3. The summed E-state index contributed by atoms with van der Waals surface area (Å²) in [5.74, 6) is -1.09. The van der Waals surface area contributed by atoms with Gasteiger partial charge >= 0.3 is 5.97 Å². The predicted molar refractivity (Wildman–Crippen MR) is 48.5 cm³/mol. The molecule has 0 saturated heterocycles. The molecule has 0 saturated carbocycles. The molecular weight excluding hydrogens is 212 g/mol. The molecule has 0 rings (SSSR count). The summed E-state index contributed by atoms with van der Waals surface area (Å²) in [6, 6.07) is 0. The van der Waals surface area contributed by atoms with Crippen molar-refractivity contribution in [2.24, 2.45) is 5.92 Å². The average molecular weight is 226 g/mol. The summed E-state index contributed by atoms with van der Waals surface area (Å²) >= 11 is 0. The predicted octanol–water partition coefficient (Wildman–Crippen LogP) is -0.917. The topological polar surface area (TPSA) is 105 Å². The van der Waals surface area contributed by atoms with E-state index in [1.54, 1.807) is 4.89 Å². The maximum atomic E-state index is 11.0. The Hall–Kier alpha value is -0.700. The summed E-state index contributed by atoms with van der Waals surface area (Å²) in [6.07, 6.45) is 0. The van der Waals surface area contributed by atoms with Crippen LogP contribution in [0.25, 0.3) is 0 Å². The van der Waals surface area contributed by atoms with Crippen LogP contribution >= 0.6 is 0 Å². The van der Waals surface area contributed by atoms with E-state index < -0.39 is 22.8 Å². The van der Waals surface area contributed by atoms with E-state index in [9.17, 15) is 13.2 Å². The summed E-state index contributed by atoms with van der Waals surface area (Å²) in [6.45, 7) is 3.20. The average Bonchev–Trinajstić information content (AvgIpc) is 2.00. The molecule has 0 radical (unpaired) electrons. The molecule has 0 aromatic carbocycles. The van der Waals surface area contributed by atoms with Gasteiger partial charge in [0.05, 0.1) is 0 Å². The first-order valence-electron chi connectivity index (χ1n) is 3.93. The molecule has 8 heteroatoms. The molecule has 0 aliphatic rings. The molecule has 14 heavy (non-hydrogen) atoms. The molecule has 0 fully saturated rings. The third kappa shape index (κ3) is 7.92. The molecular formula is C6H14N2O5S. The molecule has 0 bridgehead atoms.